The number of halogens is 2. The van der Waals surface area contributed by atoms with Crippen molar-refractivity contribution in [3.05, 3.63) is 50.4 Å². The van der Waals surface area contributed by atoms with Crippen LogP contribution in [-0.4, -0.2) is 42.1 Å². The second-order valence-electron chi connectivity index (χ2n) is 7.47. The van der Waals surface area contributed by atoms with Crippen LogP contribution in [0.1, 0.15) is 37.3 Å². The molecule has 0 radical (unpaired) electrons. The third kappa shape index (κ3) is 7.42. The highest BCUT2D eigenvalue weighted by atomic mass is 79.9. The van der Waals surface area contributed by atoms with E-state index < -0.39 is 12.0 Å². The van der Waals surface area contributed by atoms with E-state index in [9.17, 15) is 14.7 Å². The Labute approximate surface area is 209 Å². The van der Waals surface area contributed by atoms with Gasteiger partial charge in [-0.1, -0.05) is 13.8 Å². The van der Waals surface area contributed by atoms with E-state index in [4.69, 9.17) is 9.47 Å². The molecule has 0 aliphatic carbocycles. The maximum atomic E-state index is 12.5. The number of benzene rings is 2. The summed E-state index contributed by atoms with van der Waals surface area (Å²) in [5.41, 5.74) is 1.54. The number of carbonyl (C=O) groups excluding carboxylic acids is 2. The fourth-order valence-electron chi connectivity index (χ4n) is 3.05. The van der Waals surface area contributed by atoms with Gasteiger partial charge in [0.1, 0.15) is 17.5 Å². The highest BCUT2D eigenvalue weighted by molar-refractivity contribution is 9.11. The Balaban J connectivity index is 2.14. The fourth-order valence-corrected chi connectivity index (χ4v) is 4.96. The van der Waals surface area contributed by atoms with Crippen LogP contribution >= 0.6 is 43.6 Å². The van der Waals surface area contributed by atoms with E-state index in [1.807, 2.05) is 26.2 Å². The van der Waals surface area contributed by atoms with E-state index in [0.29, 0.717) is 26.9 Å². The molecule has 0 bridgehead atoms. The van der Waals surface area contributed by atoms with Crippen LogP contribution in [0, 0.1) is 0 Å². The van der Waals surface area contributed by atoms with Crippen LogP contribution in [0.15, 0.2) is 39.3 Å². The largest absolute Gasteiger partial charge is 0.508 e. The molecule has 0 saturated heterocycles. The van der Waals surface area contributed by atoms with Gasteiger partial charge >= 0.3 is 5.97 Å². The number of aromatic hydroxyl groups is 1. The molecule has 1 atom stereocenters. The molecule has 0 heterocycles. The maximum absolute atomic E-state index is 12.5. The Kier molecular flexibility index (Phi) is 10.4. The molecule has 2 N–H and O–H groups in total. The normalized spacial score (nSPS) is 11.8. The van der Waals surface area contributed by atoms with Crippen molar-refractivity contribution in [2.24, 2.45) is 0 Å². The molecule has 2 rings (SSSR count). The molecule has 2 aromatic rings. The lowest BCUT2D eigenvalue weighted by molar-refractivity contribution is -0.145. The van der Waals surface area contributed by atoms with Crippen LogP contribution in [0.5, 0.6) is 17.2 Å². The maximum Gasteiger partial charge on any atom is 0.328 e. The Hall–Kier alpha value is -1.71. The first-order chi connectivity index (χ1) is 15.2. The molecule has 2 aromatic carbocycles. The molecule has 1 amide bonds. The molecule has 174 valence electrons. The van der Waals surface area contributed by atoms with Crippen molar-refractivity contribution in [1.29, 1.82) is 0 Å². The quantitative estimate of drug-likeness (QED) is 0.342. The monoisotopic (exact) mass is 587 g/mol. The van der Waals surface area contributed by atoms with Crippen LogP contribution in [0.25, 0.3) is 0 Å². The van der Waals surface area contributed by atoms with Crippen molar-refractivity contribution in [3.63, 3.8) is 0 Å². The predicted molar refractivity (Wildman–Crippen MR) is 135 cm³/mol. The second-order valence-corrected chi connectivity index (χ2v) is 10.2. The summed E-state index contributed by atoms with van der Waals surface area (Å²) < 4.78 is 12.2. The Morgan fingerprint density at radius 2 is 1.81 bits per heavy atom. The second kappa shape index (κ2) is 12.5. The number of carbonyl (C=O) groups is 2. The summed E-state index contributed by atoms with van der Waals surface area (Å²) >= 11 is 8.63. The molecule has 0 aliphatic heterocycles. The van der Waals surface area contributed by atoms with Gasteiger partial charge in [-0.15, -0.1) is 0 Å². The lowest BCUT2D eigenvalue weighted by Gasteiger charge is -2.17. The lowest BCUT2D eigenvalue weighted by Crippen LogP contribution is -2.42. The third-order valence-corrected chi connectivity index (χ3v) is 6.52. The molecule has 32 heavy (non-hydrogen) atoms. The number of thioether (sulfide) groups is 1. The summed E-state index contributed by atoms with van der Waals surface area (Å²) in [4.78, 5) is 24.5. The zero-order valence-electron chi connectivity index (χ0n) is 18.4. The minimum absolute atomic E-state index is 0.0982. The first kappa shape index (κ1) is 26.5. The first-order valence-corrected chi connectivity index (χ1v) is 13.0. The minimum Gasteiger partial charge on any atom is -0.508 e. The number of rotatable bonds is 10. The van der Waals surface area contributed by atoms with Gasteiger partial charge < -0.3 is 19.9 Å². The van der Waals surface area contributed by atoms with Crippen LogP contribution in [0.2, 0.25) is 0 Å². The number of amides is 1. The molecule has 0 saturated carbocycles. The Bertz CT molecular complexity index is 944. The van der Waals surface area contributed by atoms with Crippen molar-refractivity contribution < 1.29 is 24.2 Å². The van der Waals surface area contributed by atoms with Crippen molar-refractivity contribution >= 4 is 55.5 Å². The van der Waals surface area contributed by atoms with Gasteiger partial charge in [-0.3, -0.25) is 4.79 Å². The van der Waals surface area contributed by atoms with Gasteiger partial charge in [-0.05, 0) is 92.1 Å². The van der Waals surface area contributed by atoms with Crippen molar-refractivity contribution in [1.82, 2.24) is 5.32 Å². The zero-order valence-corrected chi connectivity index (χ0v) is 22.4. The highest BCUT2D eigenvalue weighted by Crippen LogP contribution is 2.39. The van der Waals surface area contributed by atoms with E-state index in [0.717, 1.165) is 16.9 Å². The van der Waals surface area contributed by atoms with Crippen molar-refractivity contribution in [3.8, 4) is 17.2 Å². The molecule has 6 nitrogen and oxygen atoms in total. The Morgan fingerprint density at radius 3 is 2.38 bits per heavy atom. The van der Waals surface area contributed by atoms with Crippen LogP contribution in [0.4, 0.5) is 0 Å². The van der Waals surface area contributed by atoms with E-state index >= 15 is 0 Å². The average molecular weight is 589 g/mol. The topological polar surface area (TPSA) is 84.9 Å². The van der Waals surface area contributed by atoms with Gasteiger partial charge in [0, 0.05) is 5.56 Å². The lowest BCUT2D eigenvalue weighted by atomic mass is 10.0. The molecule has 0 unspecified atom stereocenters. The van der Waals surface area contributed by atoms with E-state index in [-0.39, 0.29) is 24.0 Å². The molecule has 9 heteroatoms. The summed E-state index contributed by atoms with van der Waals surface area (Å²) in [5, 5.41) is 12.8. The summed E-state index contributed by atoms with van der Waals surface area (Å²) in [6.45, 7) is 3.99. The van der Waals surface area contributed by atoms with Gasteiger partial charge in [0.15, 0.2) is 5.75 Å². The fraction of sp³-hybridized carbons (Fsp3) is 0.391. The SMILES string of the molecule is COC(=O)[C@H](CCSC)NC(=O)Cc1cc(Br)c(Oc2ccc(O)c(C(C)C)c2)c(Br)c1. The van der Waals surface area contributed by atoms with Crippen LogP contribution in [-0.2, 0) is 20.7 Å². The molecule has 0 spiro atoms. The number of ether oxygens (including phenoxy) is 2. The zero-order chi connectivity index (χ0) is 23.8. The van der Waals surface area contributed by atoms with E-state index in [1.54, 1.807) is 36.0 Å². The van der Waals surface area contributed by atoms with E-state index in [2.05, 4.69) is 37.2 Å². The molecule has 0 aliphatic rings. The standard InChI is InChI=1S/C23H27Br2NO5S/c1-13(2)16-12-15(5-6-20(16)27)31-22-17(24)9-14(10-18(22)25)11-21(28)26-19(7-8-32-4)23(29)30-3/h5-6,9-10,12-13,19,27H,7-8,11H2,1-4H3,(H,26,28)/t19-/m0/s1. The molecular formula is C23H27Br2NO5S. The van der Waals surface area contributed by atoms with Crippen molar-refractivity contribution in [2.45, 2.75) is 38.6 Å². The Morgan fingerprint density at radius 1 is 1.16 bits per heavy atom. The average Bonchev–Trinajstić information content (AvgIpc) is 2.74. The number of nitrogens with one attached hydrogen (secondary N) is 1. The van der Waals surface area contributed by atoms with Crippen LogP contribution in [0.3, 0.4) is 0 Å². The molecular weight excluding hydrogens is 562 g/mol. The number of phenols is 1. The smallest absolute Gasteiger partial charge is 0.328 e. The van der Waals surface area contributed by atoms with Gasteiger partial charge in [-0.2, -0.15) is 11.8 Å². The summed E-state index contributed by atoms with van der Waals surface area (Å²) in [5.74, 6) is 1.54. The molecule has 0 fully saturated rings. The van der Waals surface area contributed by atoms with Crippen LogP contribution < -0.4 is 10.1 Å². The van der Waals surface area contributed by atoms with Gasteiger partial charge in [-0.25, -0.2) is 4.79 Å². The first-order valence-electron chi connectivity index (χ1n) is 10.0. The highest BCUT2D eigenvalue weighted by Gasteiger charge is 2.21. The number of methoxy groups -OCH3 is 1. The summed E-state index contributed by atoms with van der Waals surface area (Å²) in [6.07, 6.45) is 2.54. The number of hydrogen-bond donors (Lipinski definition) is 2. The van der Waals surface area contributed by atoms with Crippen molar-refractivity contribution in [2.75, 3.05) is 19.1 Å². The van der Waals surface area contributed by atoms with Gasteiger partial charge in [0.05, 0.1) is 22.5 Å². The van der Waals surface area contributed by atoms with Gasteiger partial charge in [0.25, 0.3) is 0 Å². The summed E-state index contributed by atoms with van der Waals surface area (Å²) in [6, 6.07) is 8.06. The van der Waals surface area contributed by atoms with Gasteiger partial charge in [0.2, 0.25) is 5.91 Å². The minimum atomic E-state index is -0.668. The number of hydrogen-bond acceptors (Lipinski definition) is 6. The summed E-state index contributed by atoms with van der Waals surface area (Å²) in [7, 11) is 1.31. The van der Waals surface area contributed by atoms with E-state index in [1.165, 1.54) is 7.11 Å². The third-order valence-electron chi connectivity index (χ3n) is 4.70. The number of esters is 1. The predicted octanol–water partition coefficient (Wildman–Crippen LogP) is 5.79. The molecule has 0 aromatic heterocycles. The number of phenolic OH excluding ortho intramolecular Hbond substituents is 1.